The Bertz CT molecular complexity index is 705. The molecule has 0 saturated carbocycles. The standard InChI is InChI=1S/C21H24O5/c1-2-23-20-8-4-3-6-17(20)14-26-21(22)16-9-11-18(12-10-16)25-15-19-7-5-13-24-19/h3-4,6,8-12,19H,2,5,7,13-15H2,1H3. The van der Waals surface area contributed by atoms with E-state index in [1.54, 1.807) is 24.3 Å². The molecule has 2 aromatic carbocycles. The van der Waals surface area contributed by atoms with Gasteiger partial charge >= 0.3 is 5.97 Å². The second-order valence-corrected chi connectivity index (χ2v) is 6.09. The van der Waals surface area contributed by atoms with Crippen molar-refractivity contribution < 1.29 is 23.7 Å². The average molecular weight is 356 g/mol. The van der Waals surface area contributed by atoms with Gasteiger partial charge in [-0.05, 0) is 50.1 Å². The Morgan fingerprint density at radius 2 is 1.92 bits per heavy atom. The van der Waals surface area contributed by atoms with Crippen molar-refractivity contribution in [2.75, 3.05) is 19.8 Å². The Labute approximate surface area is 153 Å². The van der Waals surface area contributed by atoms with Crippen molar-refractivity contribution in [1.82, 2.24) is 0 Å². The normalized spacial score (nSPS) is 16.3. The maximum atomic E-state index is 12.2. The monoisotopic (exact) mass is 356 g/mol. The van der Waals surface area contributed by atoms with Gasteiger partial charge in [0.1, 0.15) is 24.7 Å². The first-order valence-electron chi connectivity index (χ1n) is 8.98. The Hall–Kier alpha value is -2.53. The van der Waals surface area contributed by atoms with Crippen LogP contribution in [0.3, 0.4) is 0 Å². The Morgan fingerprint density at radius 3 is 2.65 bits per heavy atom. The number of esters is 1. The molecule has 0 amide bonds. The van der Waals surface area contributed by atoms with E-state index >= 15 is 0 Å². The molecule has 1 saturated heterocycles. The minimum Gasteiger partial charge on any atom is -0.493 e. The summed E-state index contributed by atoms with van der Waals surface area (Å²) in [6, 6.07) is 14.5. The number of carbonyl (C=O) groups is 1. The van der Waals surface area contributed by atoms with Crippen molar-refractivity contribution in [3.63, 3.8) is 0 Å². The van der Waals surface area contributed by atoms with Crippen LogP contribution in [0, 0.1) is 0 Å². The van der Waals surface area contributed by atoms with Crippen LogP contribution < -0.4 is 9.47 Å². The lowest BCUT2D eigenvalue weighted by Crippen LogP contribution is -2.16. The topological polar surface area (TPSA) is 54.0 Å². The Balaban J connectivity index is 1.51. The van der Waals surface area contributed by atoms with E-state index in [2.05, 4.69) is 0 Å². The summed E-state index contributed by atoms with van der Waals surface area (Å²) in [5.41, 5.74) is 1.34. The molecule has 0 spiro atoms. The first-order chi connectivity index (χ1) is 12.8. The summed E-state index contributed by atoms with van der Waals surface area (Å²) in [5, 5.41) is 0. The van der Waals surface area contributed by atoms with Crippen LogP contribution in [0.25, 0.3) is 0 Å². The maximum Gasteiger partial charge on any atom is 0.338 e. The van der Waals surface area contributed by atoms with E-state index in [1.165, 1.54) is 0 Å². The molecule has 1 unspecified atom stereocenters. The Morgan fingerprint density at radius 1 is 1.12 bits per heavy atom. The fraction of sp³-hybridized carbons (Fsp3) is 0.381. The third kappa shape index (κ3) is 4.99. The molecule has 1 fully saturated rings. The number of rotatable bonds is 8. The van der Waals surface area contributed by atoms with Gasteiger partial charge in [-0.2, -0.15) is 0 Å². The van der Waals surface area contributed by atoms with Crippen LogP contribution in [0.2, 0.25) is 0 Å². The minimum atomic E-state index is -0.373. The smallest absolute Gasteiger partial charge is 0.338 e. The molecule has 138 valence electrons. The van der Waals surface area contributed by atoms with Gasteiger partial charge in [-0.1, -0.05) is 18.2 Å². The summed E-state index contributed by atoms with van der Waals surface area (Å²) in [4.78, 5) is 12.2. The predicted molar refractivity (Wildman–Crippen MR) is 97.6 cm³/mol. The quantitative estimate of drug-likeness (QED) is 0.669. The SMILES string of the molecule is CCOc1ccccc1COC(=O)c1ccc(OCC2CCCO2)cc1. The third-order valence-electron chi connectivity index (χ3n) is 4.18. The van der Waals surface area contributed by atoms with Gasteiger partial charge in [0.15, 0.2) is 0 Å². The summed E-state index contributed by atoms with van der Waals surface area (Å²) in [6.07, 6.45) is 2.30. The zero-order chi connectivity index (χ0) is 18.2. The molecule has 2 aromatic rings. The molecule has 1 aliphatic rings. The fourth-order valence-electron chi connectivity index (χ4n) is 2.80. The molecule has 0 aromatic heterocycles. The molecule has 1 atom stereocenters. The summed E-state index contributed by atoms with van der Waals surface area (Å²) in [6.45, 7) is 4.01. The average Bonchev–Trinajstić information content (AvgIpc) is 3.20. The number of ether oxygens (including phenoxy) is 4. The number of para-hydroxylation sites is 1. The van der Waals surface area contributed by atoms with Gasteiger partial charge in [-0.15, -0.1) is 0 Å². The second-order valence-electron chi connectivity index (χ2n) is 6.09. The van der Waals surface area contributed by atoms with Gasteiger partial charge in [-0.25, -0.2) is 4.79 Å². The zero-order valence-electron chi connectivity index (χ0n) is 15.0. The minimum absolute atomic E-state index is 0.171. The third-order valence-corrected chi connectivity index (χ3v) is 4.18. The molecule has 1 heterocycles. The van der Waals surface area contributed by atoms with Gasteiger partial charge in [0.25, 0.3) is 0 Å². The molecule has 26 heavy (non-hydrogen) atoms. The summed E-state index contributed by atoms with van der Waals surface area (Å²) in [5.74, 6) is 1.08. The molecular formula is C21H24O5. The molecule has 1 aliphatic heterocycles. The second kappa shape index (κ2) is 9.25. The van der Waals surface area contributed by atoms with Gasteiger partial charge in [0.05, 0.1) is 18.3 Å². The number of carbonyl (C=O) groups excluding carboxylic acids is 1. The highest BCUT2D eigenvalue weighted by atomic mass is 16.5. The van der Waals surface area contributed by atoms with Gasteiger partial charge in [-0.3, -0.25) is 0 Å². The summed E-state index contributed by atoms with van der Waals surface area (Å²) < 4.78 is 22.2. The molecule has 3 rings (SSSR count). The van der Waals surface area contributed by atoms with E-state index in [1.807, 2.05) is 31.2 Å². The van der Waals surface area contributed by atoms with Crippen molar-refractivity contribution in [2.24, 2.45) is 0 Å². The number of benzene rings is 2. The Kier molecular flexibility index (Phi) is 6.50. The van der Waals surface area contributed by atoms with Crippen molar-refractivity contribution >= 4 is 5.97 Å². The van der Waals surface area contributed by atoms with E-state index in [9.17, 15) is 4.79 Å². The van der Waals surface area contributed by atoms with Crippen molar-refractivity contribution in [2.45, 2.75) is 32.5 Å². The van der Waals surface area contributed by atoms with Crippen molar-refractivity contribution in [1.29, 1.82) is 0 Å². The lowest BCUT2D eigenvalue weighted by atomic mass is 10.2. The predicted octanol–water partition coefficient (Wildman–Crippen LogP) is 4.00. The number of hydrogen-bond donors (Lipinski definition) is 0. The molecule has 0 aliphatic carbocycles. The first kappa shape index (κ1) is 18.3. The van der Waals surface area contributed by atoms with Crippen LogP contribution in [0.15, 0.2) is 48.5 Å². The highest BCUT2D eigenvalue weighted by molar-refractivity contribution is 5.89. The fourth-order valence-corrected chi connectivity index (χ4v) is 2.80. The highest BCUT2D eigenvalue weighted by Gasteiger charge is 2.16. The van der Waals surface area contributed by atoms with E-state index in [0.29, 0.717) is 18.8 Å². The number of hydrogen-bond acceptors (Lipinski definition) is 5. The highest BCUT2D eigenvalue weighted by Crippen LogP contribution is 2.20. The summed E-state index contributed by atoms with van der Waals surface area (Å²) in [7, 11) is 0. The van der Waals surface area contributed by atoms with E-state index in [-0.39, 0.29) is 18.7 Å². The molecular weight excluding hydrogens is 332 g/mol. The van der Waals surface area contributed by atoms with Crippen LogP contribution in [-0.2, 0) is 16.1 Å². The molecule has 0 radical (unpaired) electrons. The lowest BCUT2D eigenvalue weighted by Gasteiger charge is -2.12. The van der Waals surface area contributed by atoms with Crippen LogP contribution in [0.1, 0.15) is 35.7 Å². The van der Waals surface area contributed by atoms with Gasteiger partial charge in [0.2, 0.25) is 0 Å². The van der Waals surface area contributed by atoms with Gasteiger partial charge in [0, 0.05) is 12.2 Å². The lowest BCUT2D eigenvalue weighted by molar-refractivity contribution is 0.0469. The largest absolute Gasteiger partial charge is 0.493 e. The van der Waals surface area contributed by atoms with Gasteiger partial charge < -0.3 is 18.9 Å². The molecule has 0 N–H and O–H groups in total. The summed E-state index contributed by atoms with van der Waals surface area (Å²) >= 11 is 0. The first-order valence-corrected chi connectivity index (χ1v) is 8.98. The van der Waals surface area contributed by atoms with Crippen LogP contribution in [-0.4, -0.2) is 31.9 Å². The van der Waals surface area contributed by atoms with E-state index in [4.69, 9.17) is 18.9 Å². The molecule has 0 bridgehead atoms. The molecule has 5 heteroatoms. The molecule has 5 nitrogen and oxygen atoms in total. The maximum absolute atomic E-state index is 12.2. The zero-order valence-corrected chi connectivity index (χ0v) is 15.0. The van der Waals surface area contributed by atoms with Crippen molar-refractivity contribution in [3.05, 3.63) is 59.7 Å². The van der Waals surface area contributed by atoms with E-state index in [0.717, 1.165) is 36.5 Å². The van der Waals surface area contributed by atoms with Crippen LogP contribution in [0.4, 0.5) is 0 Å². The van der Waals surface area contributed by atoms with Crippen LogP contribution >= 0.6 is 0 Å². The van der Waals surface area contributed by atoms with Crippen LogP contribution in [0.5, 0.6) is 11.5 Å². The van der Waals surface area contributed by atoms with E-state index < -0.39 is 0 Å². The van der Waals surface area contributed by atoms with Crippen molar-refractivity contribution in [3.8, 4) is 11.5 Å².